The van der Waals surface area contributed by atoms with Crippen LogP contribution < -0.4 is 11.1 Å². The van der Waals surface area contributed by atoms with E-state index in [0.29, 0.717) is 17.9 Å². The minimum atomic E-state index is 0. The van der Waals surface area contributed by atoms with Gasteiger partial charge in [-0.05, 0) is 49.9 Å². The van der Waals surface area contributed by atoms with Crippen molar-refractivity contribution in [2.45, 2.75) is 46.1 Å². The fourth-order valence-electron chi connectivity index (χ4n) is 3.22. The summed E-state index contributed by atoms with van der Waals surface area (Å²) in [7, 11) is 0. The molecule has 1 fully saturated rings. The Labute approximate surface area is 169 Å². The van der Waals surface area contributed by atoms with Crippen molar-refractivity contribution in [3.8, 4) is 0 Å². The number of aliphatic imine (C=N–C) groups is 1. The molecule has 25 heavy (non-hydrogen) atoms. The summed E-state index contributed by atoms with van der Waals surface area (Å²) < 4.78 is 0. The molecule has 1 aliphatic heterocycles. The van der Waals surface area contributed by atoms with E-state index in [-0.39, 0.29) is 24.0 Å². The molecule has 0 aliphatic carbocycles. The Hall–Kier alpha value is -0.890. The number of nitrogens with zero attached hydrogens (tertiary/aromatic N) is 3. The lowest BCUT2D eigenvalue weighted by Gasteiger charge is -2.38. The molecule has 1 aliphatic rings. The predicted octanol–water partition coefficient (Wildman–Crippen LogP) is 2.90. The lowest BCUT2D eigenvalue weighted by molar-refractivity contribution is 0.113. The number of hydrogen-bond acceptors (Lipinski definition) is 3. The smallest absolute Gasteiger partial charge is 0.188 e. The molecule has 0 aromatic carbocycles. The third-order valence-electron chi connectivity index (χ3n) is 4.92. The fraction of sp³-hybridized carbons (Fsp3) is 0.684. The third-order valence-corrected chi connectivity index (χ3v) is 4.92. The maximum atomic E-state index is 6.04. The molecule has 1 aromatic rings. The Morgan fingerprint density at radius 3 is 2.68 bits per heavy atom. The molecule has 0 saturated carbocycles. The summed E-state index contributed by atoms with van der Waals surface area (Å²) in [6.07, 6.45) is 5.27. The SMILES string of the molecule is CC1CCN(C(CN=C(N)NCCc2ccccn2)C(C)C)CC1.I. The fourth-order valence-corrected chi connectivity index (χ4v) is 3.22. The highest BCUT2D eigenvalue weighted by atomic mass is 127. The number of nitrogens with two attached hydrogens (primary N) is 1. The zero-order valence-corrected chi connectivity index (χ0v) is 18.1. The van der Waals surface area contributed by atoms with Gasteiger partial charge in [-0.25, -0.2) is 0 Å². The molecule has 3 N–H and O–H groups in total. The van der Waals surface area contributed by atoms with Crippen molar-refractivity contribution < 1.29 is 0 Å². The van der Waals surface area contributed by atoms with E-state index < -0.39 is 0 Å². The van der Waals surface area contributed by atoms with Crippen LogP contribution in [0.25, 0.3) is 0 Å². The number of halogens is 1. The van der Waals surface area contributed by atoms with Crippen LogP contribution in [-0.2, 0) is 6.42 Å². The van der Waals surface area contributed by atoms with Crippen molar-refractivity contribution >= 4 is 29.9 Å². The van der Waals surface area contributed by atoms with Crippen molar-refractivity contribution in [1.82, 2.24) is 15.2 Å². The van der Waals surface area contributed by atoms with Gasteiger partial charge in [0.2, 0.25) is 0 Å². The molecular weight excluding hydrogens is 425 g/mol. The van der Waals surface area contributed by atoms with E-state index in [0.717, 1.165) is 31.1 Å². The van der Waals surface area contributed by atoms with Crippen LogP contribution in [0.4, 0.5) is 0 Å². The van der Waals surface area contributed by atoms with Crippen LogP contribution in [0.5, 0.6) is 0 Å². The molecule has 142 valence electrons. The molecule has 0 bridgehead atoms. The van der Waals surface area contributed by atoms with Gasteiger partial charge in [0.15, 0.2) is 5.96 Å². The topological polar surface area (TPSA) is 66.5 Å². The normalized spacial score (nSPS) is 18.0. The van der Waals surface area contributed by atoms with Crippen LogP contribution in [0.1, 0.15) is 39.3 Å². The van der Waals surface area contributed by atoms with Gasteiger partial charge in [-0.2, -0.15) is 0 Å². The largest absolute Gasteiger partial charge is 0.370 e. The van der Waals surface area contributed by atoms with Crippen LogP contribution >= 0.6 is 24.0 Å². The first-order valence-corrected chi connectivity index (χ1v) is 9.24. The zero-order chi connectivity index (χ0) is 17.4. The molecule has 2 rings (SSSR count). The molecule has 2 heterocycles. The van der Waals surface area contributed by atoms with Crippen LogP contribution in [-0.4, -0.2) is 48.1 Å². The molecular formula is C19H34IN5. The summed E-state index contributed by atoms with van der Waals surface area (Å²) in [5.74, 6) is 1.99. The summed E-state index contributed by atoms with van der Waals surface area (Å²) in [5, 5.41) is 3.20. The van der Waals surface area contributed by atoms with E-state index in [1.54, 1.807) is 0 Å². The quantitative estimate of drug-likeness (QED) is 0.374. The standard InChI is InChI=1S/C19H33N5.HI/c1-15(2)18(24-12-8-16(3)9-13-24)14-23-19(20)22-11-7-17-6-4-5-10-21-17;/h4-6,10,15-16,18H,7-9,11-14H2,1-3H3,(H3,20,22,23);1H. The first kappa shape index (κ1) is 22.2. The number of rotatable bonds is 7. The average molecular weight is 459 g/mol. The van der Waals surface area contributed by atoms with E-state index in [4.69, 9.17) is 5.73 Å². The van der Waals surface area contributed by atoms with Gasteiger partial charge in [-0.1, -0.05) is 26.8 Å². The van der Waals surface area contributed by atoms with Crippen molar-refractivity contribution in [1.29, 1.82) is 0 Å². The summed E-state index contributed by atoms with van der Waals surface area (Å²) >= 11 is 0. The van der Waals surface area contributed by atoms with Crippen molar-refractivity contribution in [2.24, 2.45) is 22.6 Å². The third kappa shape index (κ3) is 7.90. The Morgan fingerprint density at radius 1 is 1.36 bits per heavy atom. The van der Waals surface area contributed by atoms with Gasteiger partial charge in [0.1, 0.15) is 0 Å². The lowest BCUT2D eigenvalue weighted by Crippen LogP contribution is -2.46. The first-order chi connectivity index (χ1) is 11.6. The van der Waals surface area contributed by atoms with E-state index >= 15 is 0 Å². The highest BCUT2D eigenvalue weighted by Gasteiger charge is 2.25. The van der Waals surface area contributed by atoms with E-state index in [1.807, 2.05) is 24.4 Å². The van der Waals surface area contributed by atoms with Crippen LogP contribution in [0, 0.1) is 11.8 Å². The van der Waals surface area contributed by atoms with Crippen molar-refractivity contribution in [3.63, 3.8) is 0 Å². The predicted molar refractivity (Wildman–Crippen MR) is 116 cm³/mol. The lowest BCUT2D eigenvalue weighted by atomic mass is 9.94. The van der Waals surface area contributed by atoms with E-state index in [2.05, 4.69) is 41.0 Å². The van der Waals surface area contributed by atoms with Crippen molar-refractivity contribution in [2.75, 3.05) is 26.2 Å². The van der Waals surface area contributed by atoms with Gasteiger partial charge in [-0.3, -0.25) is 14.9 Å². The molecule has 6 heteroatoms. The first-order valence-electron chi connectivity index (χ1n) is 9.24. The van der Waals surface area contributed by atoms with Crippen LogP contribution in [0.2, 0.25) is 0 Å². The van der Waals surface area contributed by atoms with Crippen molar-refractivity contribution in [3.05, 3.63) is 30.1 Å². The second kappa shape index (κ2) is 11.7. The number of likely N-dealkylation sites (tertiary alicyclic amines) is 1. The molecule has 1 saturated heterocycles. The molecule has 1 atom stereocenters. The maximum absolute atomic E-state index is 6.04. The Bertz CT molecular complexity index is 498. The number of aromatic nitrogens is 1. The van der Waals surface area contributed by atoms with Gasteiger partial charge in [-0.15, -0.1) is 24.0 Å². The minimum Gasteiger partial charge on any atom is -0.370 e. The minimum absolute atomic E-state index is 0. The van der Waals surface area contributed by atoms with E-state index in [9.17, 15) is 0 Å². The molecule has 1 aromatic heterocycles. The molecule has 0 spiro atoms. The number of pyridine rings is 1. The van der Waals surface area contributed by atoms with Gasteiger partial charge in [0.05, 0.1) is 6.54 Å². The Kier molecular flexibility index (Phi) is 10.3. The number of guanidine groups is 1. The number of hydrogen-bond donors (Lipinski definition) is 2. The van der Waals surface area contributed by atoms with Gasteiger partial charge in [0.25, 0.3) is 0 Å². The van der Waals surface area contributed by atoms with Gasteiger partial charge in [0, 0.05) is 30.9 Å². The number of piperidine rings is 1. The Morgan fingerprint density at radius 2 is 2.08 bits per heavy atom. The summed E-state index contributed by atoms with van der Waals surface area (Å²) in [6.45, 7) is 10.8. The van der Waals surface area contributed by atoms with Crippen LogP contribution in [0.15, 0.2) is 29.4 Å². The molecule has 0 amide bonds. The monoisotopic (exact) mass is 459 g/mol. The highest BCUT2D eigenvalue weighted by Crippen LogP contribution is 2.21. The zero-order valence-electron chi connectivity index (χ0n) is 15.8. The maximum Gasteiger partial charge on any atom is 0.188 e. The van der Waals surface area contributed by atoms with Gasteiger partial charge >= 0.3 is 0 Å². The molecule has 1 unspecified atom stereocenters. The highest BCUT2D eigenvalue weighted by molar-refractivity contribution is 14.0. The Balaban J connectivity index is 0.00000312. The molecule has 5 nitrogen and oxygen atoms in total. The second-order valence-electron chi connectivity index (χ2n) is 7.25. The summed E-state index contributed by atoms with van der Waals surface area (Å²) in [6, 6.07) is 6.45. The summed E-state index contributed by atoms with van der Waals surface area (Å²) in [4.78, 5) is 11.5. The second-order valence-corrected chi connectivity index (χ2v) is 7.25. The van der Waals surface area contributed by atoms with E-state index in [1.165, 1.54) is 25.9 Å². The average Bonchev–Trinajstić information content (AvgIpc) is 2.57. The van der Waals surface area contributed by atoms with Crippen LogP contribution in [0.3, 0.4) is 0 Å². The molecule has 0 radical (unpaired) electrons. The number of nitrogens with one attached hydrogen (secondary N) is 1. The van der Waals surface area contributed by atoms with Gasteiger partial charge < -0.3 is 11.1 Å². The summed E-state index contributed by atoms with van der Waals surface area (Å²) in [5.41, 5.74) is 7.11.